The van der Waals surface area contributed by atoms with Gasteiger partial charge in [0.2, 0.25) is 11.8 Å². The van der Waals surface area contributed by atoms with Crippen LogP contribution in [0.1, 0.15) is 16.8 Å². The molecule has 0 radical (unpaired) electrons. The highest BCUT2D eigenvalue weighted by atomic mass is 35.5. The minimum absolute atomic E-state index is 0.125. The molecule has 1 aliphatic heterocycles. The number of fused-ring (bicyclic) bond motifs is 1. The molecule has 1 fully saturated rings. The summed E-state index contributed by atoms with van der Waals surface area (Å²) in [6.45, 7) is -0.610. The Labute approximate surface area is 260 Å². The summed E-state index contributed by atoms with van der Waals surface area (Å²) in [5.74, 6) is -2.21. The van der Waals surface area contributed by atoms with Crippen molar-refractivity contribution in [3.8, 4) is 11.1 Å². The highest BCUT2D eigenvalue weighted by Gasteiger charge is 2.40. The van der Waals surface area contributed by atoms with Gasteiger partial charge in [-0.3, -0.25) is 14.4 Å². The van der Waals surface area contributed by atoms with Gasteiger partial charge in [-0.15, -0.1) is 5.10 Å². The predicted octanol–water partition coefficient (Wildman–Crippen LogP) is 5.31. The van der Waals surface area contributed by atoms with Crippen LogP contribution in [-0.2, 0) is 16.1 Å². The van der Waals surface area contributed by atoms with Crippen LogP contribution < -0.4 is 16.4 Å². The van der Waals surface area contributed by atoms with Crippen LogP contribution in [0.5, 0.6) is 0 Å². The van der Waals surface area contributed by atoms with E-state index in [-0.39, 0.29) is 36.3 Å². The lowest BCUT2D eigenvalue weighted by molar-refractivity contribution is -0.137. The fourth-order valence-electron chi connectivity index (χ4n) is 5.50. The fraction of sp³-hybridized carbons (Fsp3) is 0.156. The molecule has 0 bridgehead atoms. The van der Waals surface area contributed by atoms with Crippen LogP contribution in [0, 0.1) is 5.82 Å². The zero-order valence-electron chi connectivity index (χ0n) is 23.6. The molecule has 3 heterocycles. The summed E-state index contributed by atoms with van der Waals surface area (Å²) in [4.78, 5) is 40.3. The first kappa shape index (κ1) is 29.7. The van der Waals surface area contributed by atoms with E-state index in [9.17, 15) is 18.8 Å². The smallest absolute Gasteiger partial charge is 0.250 e. The van der Waals surface area contributed by atoms with Crippen molar-refractivity contribution in [2.75, 3.05) is 17.2 Å². The zero-order valence-corrected chi connectivity index (χ0v) is 24.3. The summed E-state index contributed by atoms with van der Waals surface area (Å²) in [6.07, 6.45) is 1.28. The van der Waals surface area contributed by atoms with E-state index >= 15 is 4.39 Å². The van der Waals surface area contributed by atoms with Gasteiger partial charge >= 0.3 is 0 Å². The second-order valence-electron chi connectivity index (χ2n) is 10.5. The maximum Gasteiger partial charge on any atom is 0.250 e. The Bertz CT molecular complexity index is 1940. The van der Waals surface area contributed by atoms with Crippen LogP contribution in [0.4, 0.5) is 26.0 Å². The van der Waals surface area contributed by atoms with Crippen LogP contribution in [0.15, 0.2) is 85.2 Å². The molecular weight excluding hydrogens is 604 g/mol. The normalized spacial score (nSPS) is 16.1. The van der Waals surface area contributed by atoms with E-state index in [1.165, 1.54) is 29.1 Å². The number of carbonyl (C=O) groups is 3. The lowest BCUT2D eigenvalue weighted by Crippen LogP contribution is -2.44. The molecule has 2 aromatic heterocycles. The Morgan fingerprint density at radius 3 is 2.58 bits per heavy atom. The minimum atomic E-state index is -1.46. The van der Waals surface area contributed by atoms with E-state index in [1.807, 2.05) is 0 Å². The number of nitrogens with zero attached hydrogens (tertiary/aromatic N) is 4. The van der Waals surface area contributed by atoms with E-state index in [0.717, 1.165) is 4.90 Å². The zero-order chi connectivity index (χ0) is 31.7. The summed E-state index contributed by atoms with van der Waals surface area (Å²) in [5, 5.41) is 14.2. The van der Waals surface area contributed by atoms with Crippen LogP contribution >= 0.6 is 11.6 Å². The SMILES string of the molecule is NC(=O)c1cn(CC(=O)N2C[C@H](F)C[C@H]2C(=O)Nc2cccc(-c3ccccc3Cl)c2F)c2ccc(Nc3cccnn3)cc12. The Morgan fingerprint density at radius 1 is 1.02 bits per heavy atom. The summed E-state index contributed by atoms with van der Waals surface area (Å²) in [5.41, 5.74) is 7.45. The minimum Gasteiger partial charge on any atom is -0.366 e. The maximum atomic E-state index is 15.5. The van der Waals surface area contributed by atoms with Crippen molar-refractivity contribution in [3.05, 3.63) is 102 Å². The first-order valence-electron chi connectivity index (χ1n) is 13.9. The Kier molecular flexibility index (Phi) is 8.14. The second-order valence-corrected chi connectivity index (χ2v) is 10.9. The van der Waals surface area contributed by atoms with Crippen molar-refractivity contribution in [1.82, 2.24) is 19.7 Å². The molecule has 45 heavy (non-hydrogen) atoms. The Hall–Kier alpha value is -5.36. The van der Waals surface area contributed by atoms with Crippen molar-refractivity contribution < 1.29 is 23.2 Å². The number of primary amides is 1. The average Bonchev–Trinajstić information content (AvgIpc) is 3.59. The van der Waals surface area contributed by atoms with Crippen molar-refractivity contribution in [2.45, 2.75) is 25.2 Å². The molecular formula is C32H26ClF2N7O3. The number of amides is 3. The van der Waals surface area contributed by atoms with Gasteiger partial charge in [-0.1, -0.05) is 41.9 Å². The van der Waals surface area contributed by atoms with Gasteiger partial charge in [0.1, 0.15) is 18.8 Å². The third kappa shape index (κ3) is 6.04. The number of likely N-dealkylation sites (tertiary alicyclic amines) is 1. The molecule has 1 aliphatic rings. The van der Waals surface area contributed by atoms with Gasteiger partial charge in [-0.2, -0.15) is 5.10 Å². The molecule has 1 saturated heterocycles. The van der Waals surface area contributed by atoms with Crippen LogP contribution in [0.25, 0.3) is 22.0 Å². The number of aromatic nitrogens is 3. The molecule has 4 N–H and O–H groups in total. The second kappa shape index (κ2) is 12.3. The molecule has 3 aromatic carbocycles. The molecule has 13 heteroatoms. The topological polar surface area (TPSA) is 135 Å². The number of hydrogen-bond acceptors (Lipinski definition) is 6. The quantitative estimate of drug-likeness (QED) is 0.213. The third-order valence-corrected chi connectivity index (χ3v) is 7.92. The van der Waals surface area contributed by atoms with Crippen molar-refractivity contribution >= 4 is 57.4 Å². The lowest BCUT2D eigenvalue weighted by atomic mass is 10.0. The number of nitrogens with two attached hydrogens (primary N) is 1. The molecule has 5 aromatic rings. The number of nitrogens with one attached hydrogen (secondary N) is 2. The maximum absolute atomic E-state index is 15.5. The van der Waals surface area contributed by atoms with Gasteiger partial charge in [0, 0.05) is 51.6 Å². The number of halogens is 3. The van der Waals surface area contributed by atoms with E-state index in [2.05, 4.69) is 20.8 Å². The summed E-state index contributed by atoms with van der Waals surface area (Å²) >= 11 is 6.25. The number of hydrogen-bond donors (Lipinski definition) is 3. The van der Waals surface area contributed by atoms with Gasteiger partial charge in [0.25, 0.3) is 5.91 Å². The first-order valence-corrected chi connectivity index (χ1v) is 14.3. The van der Waals surface area contributed by atoms with E-state index in [1.54, 1.807) is 60.7 Å². The van der Waals surface area contributed by atoms with Crippen molar-refractivity contribution in [3.63, 3.8) is 0 Å². The first-order chi connectivity index (χ1) is 21.7. The van der Waals surface area contributed by atoms with Gasteiger partial charge < -0.3 is 25.8 Å². The Balaban J connectivity index is 1.23. The van der Waals surface area contributed by atoms with E-state index in [0.29, 0.717) is 33.0 Å². The average molecular weight is 630 g/mol. The number of alkyl halides is 1. The summed E-state index contributed by atoms with van der Waals surface area (Å²) in [7, 11) is 0. The highest BCUT2D eigenvalue weighted by Crippen LogP contribution is 2.33. The van der Waals surface area contributed by atoms with Gasteiger partial charge in [0.15, 0.2) is 11.6 Å². The molecule has 3 amide bonds. The molecule has 2 atom stereocenters. The molecule has 228 valence electrons. The monoisotopic (exact) mass is 629 g/mol. The van der Waals surface area contributed by atoms with Crippen LogP contribution in [-0.4, -0.2) is 56.1 Å². The van der Waals surface area contributed by atoms with Crippen LogP contribution in [0.2, 0.25) is 5.02 Å². The molecule has 0 saturated carbocycles. The molecule has 0 aliphatic carbocycles. The summed E-state index contributed by atoms with van der Waals surface area (Å²) in [6, 6.07) is 18.6. The molecule has 6 rings (SSSR count). The van der Waals surface area contributed by atoms with E-state index < -0.39 is 35.8 Å². The number of anilines is 3. The molecule has 0 spiro atoms. The van der Waals surface area contributed by atoms with Crippen molar-refractivity contribution in [1.29, 1.82) is 0 Å². The third-order valence-electron chi connectivity index (χ3n) is 7.59. The van der Waals surface area contributed by atoms with E-state index in [4.69, 9.17) is 17.3 Å². The van der Waals surface area contributed by atoms with Gasteiger partial charge in [-0.25, -0.2) is 8.78 Å². The number of rotatable bonds is 8. The van der Waals surface area contributed by atoms with Gasteiger partial charge in [-0.05, 0) is 42.5 Å². The van der Waals surface area contributed by atoms with Gasteiger partial charge in [0.05, 0.1) is 17.8 Å². The highest BCUT2D eigenvalue weighted by molar-refractivity contribution is 6.33. The Morgan fingerprint density at radius 2 is 1.82 bits per heavy atom. The van der Waals surface area contributed by atoms with Crippen molar-refractivity contribution in [2.24, 2.45) is 5.73 Å². The molecule has 0 unspecified atom stereocenters. The molecule has 10 nitrogen and oxygen atoms in total. The number of carbonyl (C=O) groups excluding carboxylic acids is 3. The summed E-state index contributed by atoms with van der Waals surface area (Å²) < 4.78 is 31.7. The lowest BCUT2D eigenvalue weighted by Gasteiger charge is -2.24. The predicted molar refractivity (Wildman–Crippen MR) is 166 cm³/mol. The number of benzene rings is 3. The largest absolute Gasteiger partial charge is 0.366 e. The fourth-order valence-corrected chi connectivity index (χ4v) is 5.73. The van der Waals surface area contributed by atoms with Crippen LogP contribution in [0.3, 0.4) is 0 Å². The standard InChI is InChI=1S/C32H26ClF2N7O3/c33-24-7-2-1-5-20(24)21-6-3-8-25(30(21)35)39-32(45)27-13-18(34)15-42(27)29(43)17-41-16-23(31(36)44)22-14-19(10-11-26(22)41)38-28-9-4-12-37-40-28/h1-12,14,16,18,27H,13,15,17H2,(H2,36,44)(H,38,40)(H,39,45)/t18-,27+/m1/s1.